The monoisotopic (exact) mass is 469 g/mol. The van der Waals surface area contributed by atoms with Gasteiger partial charge in [-0.05, 0) is 37.4 Å². The van der Waals surface area contributed by atoms with Gasteiger partial charge in [-0.25, -0.2) is 8.42 Å². The van der Waals surface area contributed by atoms with Gasteiger partial charge in [0.05, 0.1) is 38.1 Å². The smallest absolute Gasteiger partial charge is 0.320 e. The molecule has 2 aliphatic rings. The number of hydrogen-bond acceptors (Lipinski definition) is 9. The number of benzene rings is 1. The normalized spacial score (nSPS) is 22.7. The van der Waals surface area contributed by atoms with Crippen molar-refractivity contribution in [2.24, 2.45) is 11.8 Å². The number of methoxy groups -OCH3 is 2. The van der Waals surface area contributed by atoms with Crippen LogP contribution in [0.25, 0.3) is 0 Å². The third-order valence-corrected chi connectivity index (χ3v) is 8.00. The quantitative estimate of drug-likeness (QED) is 0.422. The fourth-order valence-corrected chi connectivity index (χ4v) is 6.17. The Balaban J connectivity index is 1.70. The summed E-state index contributed by atoms with van der Waals surface area (Å²) in [5, 5.41) is 3.35. The fraction of sp³-hybridized carbons (Fsp3) is 0.636. The molecule has 0 bridgehead atoms. The first-order valence-electron chi connectivity index (χ1n) is 10.7. The summed E-state index contributed by atoms with van der Waals surface area (Å²) in [5.74, 6) is -3.40. The molecule has 32 heavy (non-hydrogen) atoms. The van der Waals surface area contributed by atoms with Crippen LogP contribution in [0.15, 0.2) is 35.2 Å². The van der Waals surface area contributed by atoms with Gasteiger partial charge in [0.25, 0.3) is 0 Å². The maximum absolute atomic E-state index is 13.1. The molecule has 10 heteroatoms. The molecule has 1 aliphatic carbocycles. The first-order valence-corrected chi connectivity index (χ1v) is 12.4. The lowest BCUT2D eigenvalue weighted by atomic mass is 9.81. The second-order valence-corrected chi connectivity index (χ2v) is 10.2. The Labute approximate surface area is 188 Å². The van der Waals surface area contributed by atoms with Crippen molar-refractivity contribution in [3.05, 3.63) is 30.3 Å². The predicted octanol–water partition coefficient (Wildman–Crippen LogP) is 1.31. The van der Waals surface area contributed by atoms with Crippen molar-refractivity contribution in [1.29, 1.82) is 0 Å². The Morgan fingerprint density at radius 1 is 1.12 bits per heavy atom. The molecule has 1 saturated carbocycles. The van der Waals surface area contributed by atoms with Gasteiger partial charge in [-0.1, -0.05) is 18.2 Å². The average Bonchev–Trinajstić information content (AvgIpc) is 3.25. The number of rotatable bonds is 9. The third-order valence-electron chi connectivity index (χ3n) is 6.14. The first kappa shape index (κ1) is 24.6. The molecule has 0 amide bonds. The number of esters is 2. The zero-order chi connectivity index (χ0) is 23.2. The van der Waals surface area contributed by atoms with Crippen LogP contribution in [0.1, 0.15) is 25.7 Å². The molecular formula is C22H31NO8S. The van der Waals surface area contributed by atoms with Crippen LogP contribution in [-0.4, -0.2) is 71.9 Å². The van der Waals surface area contributed by atoms with E-state index >= 15 is 0 Å². The number of hydrogen-bond donors (Lipinski definition) is 1. The van der Waals surface area contributed by atoms with Crippen molar-refractivity contribution >= 4 is 21.8 Å². The molecule has 9 nitrogen and oxygen atoms in total. The second kappa shape index (κ2) is 10.7. The van der Waals surface area contributed by atoms with E-state index in [0.717, 1.165) is 0 Å². The average molecular weight is 470 g/mol. The van der Waals surface area contributed by atoms with Gasteiger partial charge < -0.3 is 24.3 Å². The molecule has 2 fully saturated rings. The van der Waals surface area contributed by atoms with Gasteiger partial charge in [0.15, 0.2) is 21.5 Å². The molecule has 1 aromatic carbocycles. The lowest BCUT2D eigenvalue weighted by Crippen LogP contribution is -2.50. The molecule has 0 unspecified atom stereocenters. The Hall–Kier alpha value is -2.01. The van der Waals surface area contributed by atoms with E-state index in [1.807, 2.05) is 0 Å². The van der Waals surface area contributed by atoms with Crippen molar-refractivity contribution in [2.75, 3.05) is 39.7 Å². The summed E-state index contributed by atoms with van der Waals surface area (Å²) in [4.78, 5) is 24.1. The Bertz CT molecular complexity index is 866. The third kappa shape index (κ3) is 5.86. The van der Waals surface area contributed by atoms with E-state index in [2.05, 4.69) is 5.32 Å². The maximum atomic E-state index is 13.1. The van der Waals surface area contributed by atoms with E-state index in [1.54, 1.807) is 30.3 Å². The summed E-state index contributed by atoms with van der Waals surface area (Å²) in [6.45, 7) is 1.32. The minimum Gasteiger partial charge on any atom is -0.468 e. The van der Waals surface area contributed by atoms with Gasteiger partial charge >= 0.3 is 11.9 Å². The van der Waals surface area contributed by atoms with Gasteiger partial charge in [-0.15, -0.1) is 0 Å². The summed E-state index contributed by atoms with van der Waals surface area (Å²) < 4.78 is 47.2. The number of carbonyl (C=O) groups is 2. The molecule has 1 N–H and O–H groups in total. The van der Waals surface area contributed by atoms with E-state index in [0.29, 0.717) is 39.0 Å². The van der Waals surface area contributed by atoms with E-state index in [1.165, 1.54) is 14.2 Å². The topological polar surface area (TPSA) is 117 Å². The molecule has 1 spiro atoms. The van der Waals surface area contributed by atoms with Gasteiger partial charge in [-0.2, -0.15) is 0 Å². The summed E-state index contributed by atoms with van der Waals surface area (Å²) in [6.07, 6.45) is 1.93. The van der Waals surface area contributed by atoms with Gasteiger partial charge in [0.1, 0.15) is 0 Å². The molecule has 2 atom stereocenters. The van der Waals surface area contributed by atoms with Gasteiger partial charge in [-0.3, -0.25) is 9.59 Å². The minimum atomic E-state index is -3.51. The Morgan fingerprint density at radius 3 is 2.34 bits per heavy atom. The van der Waals surface area contributed by atoms with Crippen LogP contribution in [0.3, 0.4) is 0 Å². The van der Waals surface area contributed by atoms with Crippen LogP contribution in [0.4, 0.5) is 0 Å². The highest BCUT2D eigenvalue weighted by Crippen LogP contribution is 2.40. The molecule has 1 aromatic rings. The highest BCUT2D eigenvalue weighted by atomic mass is 32.2. The van der Waals surface area contributed by atoms with Crippen LogP contribution in [0.5, 0.6) is 0 Å². The fourth-order valence-electron chi connectivity index (χ4n) is 4.49. The van der Waals surface area contributed by atoms with E-state index < -0.39 is 33.5 Å². The van der Waals surface area contributed by atoms with E-state index in [9.17, 15) is 18.0 Å². The molecular weight excluding hydrogens is 438 g/mol. The lowest BCUT2D eigenvalue weighted by Gasteiger charge is -2.41. The van der Waals surface area contributed by atoms with Crippen LogP contribution in [0, 0.1) is 11.8 Å². The Morgan fingerprint density at radius 2 is 1.75 bits per heavy atom. The highest BCUT2D eigenvalue weighted by molar-refractivity contribution is 7.91. The SMILES string of the molecule is COC(=O)C(CCN[C@H]1CCC2(C[C@H]1CS(=O)(=O)c1ccccc1)OCCO2)C(=O)OC. The molecule has 1 saturated heterocycles. The predicted molar refractivity (Wildman–Crippen MR) is 114 cm³/mol. The van der Waals surface area contributed by atoms with Crippen molar-refractivity contribution in [1.82, 2.24) is 5.32 Å². The largest absolute Gasteiger partial charge is 0.468 e. The van der Waals surface area contributed by atoms with Crippen molar-refractivity contribution < 1.29 is 37.0 Å². The van der Waals surface area contributed by atoms with Gasteiger partial charge in [0, 0.05) is 18.9 Å². The summed E-state index contributed by atoms with van der Waals surface area (Å²) in [6, 6.07) is 8.23. The second-order valence-electron chi connectivity index (χ2n) is 8.15. The number of carbonyl (C=O) groups excluding carboxylic acids is 2. The zero-order valence-corrected chi connectivity index (χ0v) is 19.3. The van der Waals surface area contributed by atoms with Crippen LogP contribution >= 0.6 is 0 Å². The van der Waals surface area contributed by atoms with Crippen molar-refractivity contribution in [3.63, 3.8) is 0 Å². The number of ether oxygens (including phenoxy) is 4. The first-order chi connectivity index (χ1) is 15.3. The summed E-state index contributed by atoms with van der Waals surface area (Å²) in [7, 11) is -1.07. The molecule has 0 aromatic heterocycles. The maximum Gasteiger partial charge on any atom is 0.320 e. The zero-order valence-electron chi connectivity index (χ0n) is 18.4. The van der Waals surface area contributed by atoms with Gasteiger partial charge in [0.2, 0.25) is 0 Å². The van der Waals surface area contributed by atoms with E-state index in [-0.39, 0.29) is 29.0 Å². The molecule has 0 radical (unpaired) electrons. The number of sulfone groups is 1. The van der Waals surface area contributed by atoms with Crippen LogP contribution in [-0.2, 0) is 38.4 Å². The van der Waals surface area contributed by atoms with E-state index in [4.69, 9.17) is 18.9 Å². The minimum absolute atomic E-state index is 0.0550. The summed E-state index contributed by atoms with van der Waals surface area (Å²) >= 11 is 0. The standard InChI is InChI=1S/C22H31NO8S/c1-28-20(24)18(21(25)29-2)9-11-23-19-8-10-22(30-12-13-31-22)14-16(19)15-32(26,27)17-6-4-3-5-7-17/h3-7,16,18-19,23H,8-15H2,1-2H3/t16-,19-/m0/s1. The molecule has 178 valence electrons. The lowest BCUT2D eigenvalue weighted by molar-refractivity contribution is -0.188. The summed E-state index contributed by atoms with van der Waals surface area (Å²) in [5.41, 5.74) is 0. The van der Waals surface area contributed by atoms with Crippen LogP contribution in [0.2, 0.25) is 0 Å². The van der Waals surface area contributed by atoms with Crippen molar-refractivity contribution in [3.8, 4) is 0 Å². The number of nitrogens with one attached hydrogen (secondary N) is 1. The Kier molecular flexibility index (Phi) is 8.26. The molecule has 1 aliphatic heterocycles. The highest BCUT2D eigenvalue weighted by Gasteiger charge is 2.46. The molecule has 1 heterocycles. The molecule has 3 rings (SSSR count). The van der Waals surface area contributed by atoms with Crippen LogP contribution < -0.4 is 5.32 Å². The van der Waals surface area contributed by atoms with Crippen molar-refractivity contribution in [2.45, 2.75) is 42.4 Å².